The number of hydrogen-bond acceptors (Lipinski definition) is 1. The molecule has 1 aromatic rings. The minimum absolute atomic E-state index is 0.0752. The molecule has 0 spiro atoms. The molecule has 0 fully saturated rings. The zero-order valence-electron chi connectivity index (χ0n) is 8.60. The van der Waals surface area contributed by atoms with E-state index in [1.165, 1.54) is 6.07 Å². The molecule has 0 unspecified atom stereocenters. The third-order valence-corrected chi connectivity index (χ3v) is 2.35. The van der Waals surface area contributed by atoms with Crippen molar-refractivity contribution in [2.75, 3.05) is 6.61 Å². The van der Waals surface area contributed by atoms with Crippen molar-refractivity contribution in [3.05, 3.63) is 28.5 Å². The first-order valence-corrected chi connectivity index (χ1v) is 5.26. The molecule has 0 radical (unpaired) electrons. The molecule has 0 atom stereocenters. The van der Waals surface area contributed by atoms with Gasteiger partial charge in [-0.1, -0.05) is 26.8 Å². The maximum absolute atomic E-state index is 13.1. The van der Waals surface area contributed by atoms with Crippen LogP contribution in [-0.4, -0.2) is 6.61 Å². The van der Waals surface area contributed by atoms with E-state index in [-0.39, 0.29) is 11.2 Å². The van der Waals surface area contributed by atoms with Crippen LogP contribution in [0.2, 0.25) is 0 Å². The van der Waals surface area contributed by atoms with E-state index < -0.39 is 0 Å². The molecule has 3 heteroatoms. The first-order chi connectivity index (χ1) is 6.40. The summed E-state index contributed by atoms with van der Waals surface area (Å²) in [5.41, 5.74) is 0.0752. The second kappa shape index (κ2) is 4.30. The van der Waals surface area contributed by atoms with Crippen LogP contribution in [0.25, 0.3) is 0 Å². The van der Waals surface area contributed by atoms with Crippen LogP contribution < -0.4 is 4.74 Å². The Morgan fingerprint density at radius 3 is 2.57 bits per heavy atom. The van der Waals surface area contributed by atoms with Crippen molar-refractivity contribution >= 4 is 15.9 Å². The Hall–Kier alpha value is -0.570. The van der Waals surface area contributed by atoms with Crippen LogP contribution in [0.1, 0.15) is 20.8 Å². The van der Waals surface area contributed by atoms with E-state index in [0.29, 0.717) is 16.8 Å². The highest BCUT2D eigenvalue weighted by molar-refractivity contribution is 9.10. The van der Waals surface area contributed by atoms with E-state index in [0.717, 1.165) is 0 Å². The van der Waals surface area contributed by atoms with Crippen molar-refractivity contribution in [1.29, 1.82) is 0 Å². The van der Waals surface area contributed by atoms with Gasteiger partial charge in [-0.25, -0.2) is 4.39 Å². The largest absolute Gasteiger partial charge is 0.492 e. The number of rotatable bonds is 2. The van der Waals surface area contributed by atoms with Crippen LogP contribution >= 0.6 is 15.9 Å². The SMILES string of the molecule is CC(C)(C)COc1cccc(F)c1Br. The predicted molar refractivity (Wildman–Crippen MR) is 59.1 cm³/mol. The Labute approximate surface area is 92.4 Å². The first kappa shape index (κ1) is 11.5. The van der Waals surface area contributed by atoms with E-state index in [1.807, 2.05) is 0 Å². The zero-order chi connectivity index (χ0) is 10.8. The molecular weight excluding hydrogens is 247 g/mol. The van der Waals surface area contributed by atoms with Crippen molar-refractivity contribution in [2.45, 2.75) is 20.8 Å². The standard InChI is InChI=1S/C11H14BrFO/c1-11(2,3)7-14-9-6-4-5-8(13)10(9)12/h4-6H,7H2,1-3H3. The summed E-state index contributed by atoms with van der Waals surface area (Å²) in [6.45, 7) is 6.77. The Morgan fingerprint density at radius 1 is 1.36 bits per heavy atom. The van der Waals surface area contributed by atoms with E-state index in [1.54, 1.807) is 12.1 Å². The third-order valence-electron chi connectivity index (χ3n) is 1.58. The number of ether oxygens (including phenoxy) is 1. The highest BCUT2D eigenvalue weighted by Crippen LogP contribution is 2.28. The number of hydrogen-bond donors (Lipinski definition) is 0. The van der Waals surface area contributed by atoms with Gasteiger partial charge in [-0.3, -0.25) is 0 Å². The molecular formula is C11H14BrFO. The molecule has 0 aromatic heterocycles. The monoisotopic (exact) mass is 260 g/mol. The lowest BCUT2D eigenvalue weighted by molar-refractivity contribution is 0.196. The molecule has 1 nitrogen and oxygen atoms in total. The van der Waals surface area contributed by atoms with Gasteiger partial charge in [-0.05, 0) is 33.5 Å². The summed E-state index contributed by atoms with van der Waals surface area (Å²) in [5, 5.41) is 0. The molecule has 0 N–H and O–H groups in total. The van der Waals surface area contributed by atoms with Crippen molar-refractivity contribution < 1.29 is 9.13 Å². The fourth-order valence-electron chi connectivity index (χ4n) is 0.890. The van der Waals surface area contributed by atoms with E-state index in [9.17, 15) is 4.39 Å². The van der Waals surface area contributed by atoms with Gasteiger partial charge in [0.1, 0.15) is 11.6 Å². The Balaban J connectivity index is 2.73. The molecule has 1 aromatic carbocycles. The quantitative estimate of drug-likeness (QED) is 0.781. The Kier molecular flexibility index (Phi) is 3.53. The lowest BCUT2D eigenvalue weighted by Gasteiger charge is -2.19. The van der Waals surface area contributed by atoms with Gasteiger partial charge >= 0.3 is 0 Å². The average Bonchev–Trinajstić information content (AvgIpc) is 2.06. The summed E-state index contributed by atoms with van der Waals surface area (Å²) < 4.78 is 19.0. The zero-order valence-corrected chi connectivity index (χ0v) is 10.2. The van der Waals surface area contributed by atoms with Crippen molar-refractivity contribution in [3.8, 4) is 5.75 Å². The topological polar surface area (TPSA) is 9.23 Å². The molecule has 14 heavy (non-hydrogen) atoms. The molecule has 0 aliphatic carbocycles. The minimum atomic E-state index is -0.295. The van der Waals surface area contributed by atoms with E-state index >= 15 is 0 Å². The normalized spacial score (nSPS) is 11.5. The number of halogens is 2. The smallest absolute Gasteiger partial charge is 0.141 e. The van der Waals surface area contributed by atoms with E-state index in [4.69, 9.17) is 4.74 Å². The molecule has 0 amide bonds. The van der Waals surface area contributed by atoms with Crippen molar-refractivity contribution in [1.82, 2.24) is 0 Å². The van der Waals surface area contributed by atoms with Gasteiger partial charge in [-0.15, -0.1) is 0 Å². The van der Waals surface area contributed by atoms with Crippen LogP contribution in [-0.2, 0) is 0 Å². The maximum Gasteiger partial charge on any atom is 0.141 e. The van der Waals surface area contributed by atoms with Crippen LogP contribution in [0, 0.1) is 11.2 Å². The minimum Gasteiger partial charge on any atom is -0.492 e. The lowest BCUT2D eigenvalue weighted by atomic mass is 9.99. The summed E-state index contributed by atoms with van der Waals surface area (Å²) in [7, 11) is 0. The molecule has 0 bridgehead atoms. The van der Waals surface area contributed by atoms with Crippen LogP contribution in [0.5, 0.6) is 5.75 Å². The molecule has 0 saturated carbocycles. The van der Waals surface area contributed by atoms with Crippen LogP contribution in [0.15, 0.2) is 22.7 Å². The maximum atomic E-state index is 13.1. The van der Waals surface area contributed by atoms with Gasteiger partial charge in [0.15, 0.2) is 0 Å². The van der Waals surface area contributed by atoms with Crippen molar-refractivity contribution in [2.24, 2.45) is 5.41 Å². The summed E-state index contributed by atoms with van der Waals surface area (Å²) in [5.74, 6) is 0.260. The fraction of sp³-hybridized carbons (Fsp3) is 0.455. The van der Waals surface area contributed by atoms with Gasteiger partial charge in [-0.2, -0.15) is 0 Å². The summed E-state index contributed by atoms with van der Waals surface area (Å²) in [6.07, 6.45) is 0. The second-order valence-electron chi connectivity index (χ2n) is 4.40. The molecule has 0 aliphatic heterocycles. The summed E-state index contributed by atoms with van der Waals surface area (Å²) in [4.78, 5) is 0. The molecule has 0 heterocycles. The highest BCUT2D eigenvalue weighted by Gasteiger charge is 2.13. The van der Waals surface area contributed by atoms with Gasteiger partial charge < -0.3 is 4.74 Å². The van der Waals surface area contributed by atoms with Crippen LogP contribution in [0.3, 0.4) is 0 Å². The summed E-state index contributed by atoms with van der Waals surface area (Å²) in [6, 6.07) is 4.78. The average molecular weight is 261 g/mol. The molecule has 1 rings (SSSR count). The Morgan fingerprint density at radius 2 is 2.00 bits per heavy atom. The first-order valence-electron chi connectivity index (χ1n) is 4.47. The lowest BCUT2D eigenvalue weighted by Crippen LogP contribution is -2.17. The van der Waals surface area contributed by atoms with E-state index in [2.05, 4.69) is 36.7 Å². The highest BCUT2D eigenvalue weighted by atomic mass is 79.9. The third kappa shape index (κ3) is 3.29. The predicted octanol–water partition coefficient (Wildman–Crippen LogP) is 4.01. The molecule has 0 aliphatic rings. The van der Waals surface area contributed by atoms with Gasteiger partial charge in [0.25, 0.3) is 0 Å². The Bertz CT molecular complexity index is 318. The van der Waals surface area contributed by atoms with Gasteiger partial charge in [0.05, 0.1) is 11.1 Å². The van der Waals surface area contributed by atoms with Gasteiger partial charge in [0, 0.05) is 0 Å². The van der Waals surface area contributed by atoms with Crippen LogP contribution in [0.4, 0.5) is 4.39 Å². The number of benzene rings is 1. The molecule has 78 valence electrons. The summed E-state index contributed by atoms with van der Waals surface area (Å²) >= 11 is 3.15. The van der Waals surface area contributed by atoms with Crippen molar-refractivity contribution in [3.63, 3.8) is 0 Å². The fourth-order valence-corrected chi connectivity index (χ4v) is 1.27. The second-order valence-corrected chi connectivity index (χ2v) is 5.19. The molecule has 0 saturated heterocycles. The van der Waals surface area contributed by atoms with Gasteiger partial charge in [0.2, 0.25) is 0 Å².